The van der Waals surface area contributed by atoms with Gasteiger partial charge in [-0.15, -0.1) is 0 Å². The molecule has 0 bridgehead atoms. The molecule has 0 aromatic heterocycles. The van der Waals surface area contributed by atoms with Crippen molar-refractivity contribution in [2.45, 2.75) is 46.0 Å². The van der Waals surface area contributed by atoms with Crippen molar-refractivity contribution >= 4 is 11.8 Å². The van der Waals surface area contributed by atoms with Gasteiger partial charge in [0.1, 0.15) is 0 Å². The van der Waals surface area contributed by atoms with Crippen LogP contribution in [0.2, 0.25) is 0 Å². The third kappa shape index (κ3) is 2.29. The molecule has 1 heterocycles. The molecule has 3 nitrogen and oxygen atoms in total. The Kier molecular flexibility index (Phi) is 3.39. The topological polar surface area (TPSA) is 46.2 Å². The number of benzene rings is 1. The van der Waals surface area contributed by atoms with E-state index in [4.69, 9.17) is 0 Å². The molecule has 2 aliphatic rings. The quantitative estimate of drug-likeness (QED) is 0.849. The molecule has 21 heavy (non-hydrogen) atoms. The van der Waals surface area contributed by atoms with E-state index < -0.39 is 0 Å². The van der Waals surface area contributed by atoms with Gasteiger partial charge in [-0.2, -0.15) is 0 Å². The summed E-state index contributed by atoms with van der Waals surface area (Å²) in [6.45, 7) is 4.45. The van der Waals surface area contributed by atoms with E-state index >= 15 is 0 Å². The van der Waals surface area contributed by atoms with E-state index in [9.17, 15) is 9.59 Å². The van der Waals surface area contributed by atoms with Gasteiger partial charge in [0.2, 0.25) is 11.8 Å². The molecule has 3 heteroatoms. The minimum Gasteiger partial charge on any atom is -0.296 e. The third-order valence-corrected chi connectivity index (χ3v) is 5.78. The van der Waals surface area contributed by atoms with Crippen molar-refractivity contribution in [3.8, 4) is 0 Å². The van der Waals surface area contributed by atoms with Gasteiger partial charge in [0.05, 0.1) is 0 Å². The fourth-order valence-corrected chi connectivity index (χ4v) is 4.47. The van der Waals surface area contributed by atoms with Crippen LogP contribution in [0, 0.1) is 16.7 Å². The number of nitrogens with one attached hydrogen (secondary N) is 1. The molecule has 1 spiro atoms. The smallest absolute Gasteiger partial charge is 0.230 e. The highest BCUT2D eigenvalue weighted by Crippen LogP contribution is 2.60. The first-order valence-corrected chi connectivity index (χ1v) is 7.82. The SMILES string of the molecule is CC1(C)CCCC12CC(=O)NC(=O)C2Cc1ccccc1. The van der Waals surface area contributed by atoms with Gasteiger partial charge in [0, 0.05) is 12.3 Å². The molecule has 2 amide bonds. The highest BCUT2D eigenvalue weighted by molar-refractivity contribution is 6.00. The van der Waals surface area contributed by atoms with Gasteiger partial charge in [-0.3, -0.25) is 14.9 Å². The predicted octanol–water partition coefficient (Wildman–Crippen LogP) is 3.09. The van der Waals surface area contributed by atoms with Crippen LogP contribution in [0.3, 0.4) is 0 Å². The number of imide groups is 1. The Hall–Kier alpha value is -1.64. The van der Waals surface area contributed by atoms with Gasteiger partial charge >= 0.3 is 0 Å². The summed E-state index contributed by atoms with van der Waals surface area (Å²) in [6.07, 6.45) is 4.40. The molecule has 1 aromatic carbocycles. The summed E-state index contributed by atoms with van der Waals surface area (Å²) >= 11 is 0. The molecular weight excluding hydrogens is 262 g/mol. The number of hydrogen-bond donors (Lipinski definition) is 1. The molecule has 1 aliphatic carbocycles. The van der Waals surface area contributed by atoms with Gasteiger partial charge in [-0.05, 0) is 35.7 Å². The molecule has 0 radical (unpaired) electrons. The summed E-state index contributed by atoms with van der Waals surface area (Å²) < 4.78 is 0. The highest BCUT2D eigenvalue weighted by atomic mass is 16.2. The Morgan fingerprint density at radius 3 is 2.48 bits per heavy atom. The maximum Gasteiger partial charge on any atom is 0.230 e. The second-order valence-electron chi connectivity index (χ2n) is 7.23. The average Bonchev–Trinajstić information content (AvgIpc) is 2.71. The van der Waals surface area contributed by atoms with Crippen molar-refractivity contribution in [1.82, 2.24) is 5.32 Å². The van der Waals surface area contributed by atoms with E-state index in [-0.39, 0.29) is 28.6 Å². The lowest BCUT2D eigenvalue weighted by Gasteiger charge is -2.48. The monoisotopic (exact) mass is 285 g/mol. The summed E-state index contributed by atoms with van der Waals surface area (Å²) in [5.74, 6) is -0.278. The average molecular weight is 285 g/mol. The van der Waals surface area contributed by atoms with Crippen LogP contribution < -0.4 is 5.32 Å². The summed E-state index contributed by atoms with van der Waals surface area (Å²) in [7, 11) is 0. The predicted molar refractivity (Wildman–Crippen MR) is 81.5 cm³/mol. The fraction of sp³-hybridized carbons (Fsp3) is 0.556. The van der Waals surface area contributed by atoms with Crippen LogP contribution in [0.1, 0.15) is 45.1 Å². The molecule has 2 atom stereocenters. The highest BCUT2D eigenvalue weighted by Gasteiger charge is 2.58. The summed E-state index contributed by atoms with van der Waals surface area (Å²) in [5.41, 5.74) is 1.04. The van der Waals surface area contributed by atoms with Crippen LogP contribution in [-0.2, 0) is 16.0 Å². The van der Waals surface area contributed by atoms with E-state index in [0.717, 1.165) is 25.7 Å². The Balaban J connectivity index is 1.98. The van der Waals surface area contributed by atoms with Gasteiger partial charge in [-0.25, -0.2) is 0 Å². The molecule has 1 N–H and O–H groups in total. The zero-order valence-electron chi connectivity index (χ0n) is 12.8. The Morgan fingerprint density at radius 1 is 1.14 bits per heavy atom. The van der Waals surface area contributed by atoms with Crippen LogP contribution in [0.15, 0.2) is 30.3 Å². The standard InChI is InChI=1S/C18H23NO2/c1-17(2)9-6-10-18(17)12-15(20)19-16(21)14(18)11-13-7-4-3-5-8-13/h3-5,7-8,14H,6,9-12H2,1-2H3,(H,19,20,21). The second kappa shape index (κ2) is 4.97. The van der Waals surface area contributed by atoms with Crippen molar-refractivity contribution in [3.63, 3.8) is 0 Å². The number of carbonyl (C=O) groups excluding carboxylic acids is 2. The van der Waals surface area contributed by atoms with Crippen LogP contribution in [-0.4, -0.2) is 11.8 Å². The molecule has 1 saturated heterocycles. The minimum absolute atomic E-state index is 0.0415. The minimum atomic E-state index is -0.178. The van der Waals surface area contributed by atoms with E-state index in [1.54, 1.807) is 0 Å². The number of carbonyl (C=O) groups is 2. The van der Waals surface area contributed by atoms with Crippen molar-refractivity contribution in [2.24, 2.45) is 16.7 Å². The van der Waals surface area contributed by atoms with Crippen LogP contribution in [0.5, 0.6) is 0 Å². The van der Waals surface area contributed by atoms with Crippen molar-refractivity contribution in [1.29, 1.82) is 0 Å². The first-order valence-electron chi connectivity index (χ1n) is 7.82. The summed E-state index contributed by atoms with van der Waals surface area (Å²) in [5, 5.41) is 2.56. The third-order valence-electron chi connectivity index (χ3n) is 5.78. The molecule has 112 valence electrons. The molecule has 1 aromatic rings. The molecular formula is C18H23NO2. The second-order valence-corrected chi connectivity index (χ2v) is 7.23. The summed E-state index contributed by atoms with van der Waals surface area (Å²) in [4.78, 5) is 24.5. The Labute approximate surface area is 126 Å². The van der Waals surface area contributed by atoms with Gasteiger partial charge in [0.15, 0.2) is 0 Å². The van der Waals surface area contributed by atoms with Crippen LogP contribution in [0.4, 0.5) is 0 Å². The number of amides is 2. The van der Waals surface area contributed by atoms with Crippen molar-refractivity contribution < 1.29 is 9.59 Å². The van der Waals surface area contributed by atoms with E-state index in [0.29, 0.717) is 6.42 Å². The first kappa shape index (κ1) is 14.3. The van der Waals surface area contributed by atoms with Gasteiger partial charge in [0.25, 0.3) is 0 Å². The summed E-state index contributed by atoms with van der Waals surface area (Å²) in [6, 6.07) is 10.1. The lowest BCUT2D eigenvalue weighted by molar-refractivity contribution is -0.149. The number of hydrogen-bond acceptors (Lipinski definition) is 2. The Bertz CT molecular complexity index is 564. The lowest BCUT2D eigenvalue weighted by Crippen LogP contribution is -2.56. The molecule has 1 saturated carbocycles. The maximum atomic E-state index is 12.5. The van der Waals surface area contributed by atoms with E-state index in [1.165, 1.54) is 5.56 Å². The number of rotatable bonds is 2. The fourth-order valence-electron chi connectivity index (χ4n) is 4.47. The molecule has 1 aliphatic heterocycles. The molecule has 2 unspecified atom stereocenters. The molecule has 2 fully saturated rings. The Morgan fingerprint density at radius 2 is 1.86 bits per heavy atom. The van der Waals surface area contributed by atoms with E-state index in [1.807, 2.05) is 18.2 Å². The maximum absolute atomic E-state index is 12.5. The largest absolute Gasteiger partial charge is 0.296 e. The lowest BCUT2D eigenvalue weighted by atomic mass is 9.56. The van der Waals surface area contributed by atoms with Crippen LogP contribution in [0.25, 0.3) is 0 Å². The van der Waals surface area contributed by atoms with Gasteiger partial charge in [-0.1, -0.05) is 50.6 Å². The van der Waals surface area contributed by atoms with Gasteiger partial charge < -0.3 is 0 Å². The van der Waals surface area contributed by atoms with Crippen LogP contribution >= 0.6 is 0 Å². The normalized spacial score (nSPS) is 31.4. The zero-order valence-corrected chi connectivity index (χ0v) is 12.8. The molecule has 3 rings (SSSR count). The van der Waals surface area contributed by atoms with Crippen molar-refractivity contribution in [2.75, 3.05) is 0 Å². The zero-order chi connectivity index (χ0) is 15.1. The first-order chi connectivity index (χ1) is 9.95. The van der Waals surface area contributed by atoms with E-state index in [2.05, 4.69) is 31.3 Å². The van der Waals surface area contributed by atoms with Crippen molar-refractivity contribution in [3.05, 3.63) is 35.9 Å². The number of piperidine rings is 1.